The number of morpholine rings is 1. The standard InChI is InChI=1S/C23H27N3O5/c1-3-29-21-14-19(26-9-11-28-12-10-26)22(30-4-2)13-18(21)25-23(27)16-31-20-8-6-5-7-17(20)15-24/h5-8,13-14H,3-4,9-12,16H2,1-2H3,(H,25,27). The first kappa shape index (κ1) is 22.2. The maximum Gasteiger partial charge on any atom is 0.262 e. The van der Waals surface area contributed by atoms with E-state index in [2.05, 4.69) is 10.2 Å². The fraction of sp³-hybridized carbons (Fsp3) is 0.391. The van der Waals surface area contributed by atoms with Crippen molar-refractivity contribution in [3.63, 3.8) is 0 Å². The van der Waals surface area contributed by atoms with Crippen LogP contribution in [0.5, 0.6) is 17.2 Å². The first-order valence-electron chi connectivity index (χ1n) is 10.3. The van der Waals surface area contributed by atoms with Crippen molar-refractivity contribution in [1.29, 1.82) is 5.26 Å². The smallest absolute Gasteiger partial charge is 0.262 e. The van der Waals surface area contributed by atoms with Gasteiger partial charge in [-0.05, 0) is 26.0 Å². The molecule has 0 spiro atoms. The summed E-state index contributed by atoms with van der Waals surface area (Å²) in [6.45, 7) is 7.31. The second-order valence-electron chi connectivity index (χ2n) is 6.73. The maximum atomic E-state index is 12.6. The number of carbonyl (C=O) groups is 1. The first-order chi connectivity index (χ1) is 15.2. The molecule has 31 heavy (non-hydrogen) atoms. The molecular formula is C23H27N3O5. The van der Waals surface area contributed by atoms with Crippen LogP contribution in [0, 0.1) is 11.3 Å². The summed E-state index contributed by atoms with van der Waals surface area (Å²) in [5.74, 6) is 1.22. The lowest BCUT2D eigenvalue weighted by Crippen LogP contribution is -2.36. The summed E-state index contributed by atoms with van der Waals surface area (Å²) < 4.78 is 22.6. The number of ether oxygens (including phenoxy) is 4. The van der Waals surface area contributed by atoms with E-state index in [0.29, 0.717) is 54.9 Å². The largest absolute Gasteiger partial charge is 0.492 e. The molecule has 8 heteroatoms. The zero-order valence-corrected chi connectivity index (χ0v) is 17.8. The summed E-state index contributed by atoms with van der Waals surface area (Å²) >= 11 is 0. The minimum Gasteiger partial charge on any atom is -0.492 e. The van der Waals surface area contributed by atoms with Crippen LogP contribution in [0.25, 0.3) is 0 Å². The SMILES string of the molecule is CCOc1cc(N2CCOCC2)c(OCC)cc1NC(=O)COc1ccccc1C#N. The molecule has 8 nitrogen and oxygen atoms in total. The molecule has 164 valence electrons. The Morgan fingerprint density at radius 3 is 2.48 bits per heavy atom. The zero-order valence-electron chi connectivity index (χ0n) is 17.8. The Morgan fingerprint density at radius 2 is 1.77 bits per heavy atom. The molecule has 2 aromatic rings. The molecule has 0 saturated carbocycles. The van der Waals surface area contributed by atoms with Crippen LogP contribution in [-0.2, 0) is 9.53 Å². The van der Waals surface area contributed by atoms with Gasteiger partial charge in [0.25, 0.3) is 5.91 Å². The summed E-state index contributed by atoms with van der Waals surface area (Å²) in [6, 6.07) is 12.5. The number of hydrogen-bond acceptors (Lipinski definition) is 7. The third kappa shape index (κ3) is 5.80. The molecule has 1 N–H and O–H groups in total. The molecule has 1 fully saturated rings. The predicted molar refractivity (Wildman–Crippen MR) is 117 cm³/mol. The van der Waals surface area contributed by atoms with Crippen molar-refractivity contribution in [1.82, 2.24) is 0 Å². The van der Waals surface area contributed by atoms with Crippen LogP contribution in [0.4, 0.5) is 11.4 Å². The van der Waals surface area contributed by atoms with Gasteiger partial charge in [0.05, 0.1) is 43.4 Å². The molecular weight excluding hydrogens is 398 g/mol. The van der Waals surface area contributed by atoms with E-state index in [1.165, 1.54) is 0 Å². The average Bonchev–Trinajstić information content (AvgIpc) is 2.80. The lowest BCUT2D eigenvalue weighted by Gasteiger charge is -2.31. The van der Waals surface area contributed by atoms with E-state index in [-0.39, 0.29) is 12.5 Å². The zero-order chi connectivity index (χ0) is 22.1. The Bertz CT molecular complexity index is 935. The summed E-state index contributed by atoms with van der Waals surface area (Å²) in [5.41, 5.74) is 1.79. The third-order valence-electron chi connectivity index (χ3n) is 4.65. The van der Waals surface area contributed by atoms with Crippen LogP contribution in [0.1, 0.15) is 19.4 Å². The Balaban J connectivity index is 1.79. The Hall–Kier alpha value is -3.44. The molecule has 1 amide bonds. The average molecular weight is 425 g/mol. The van der Waals surface area contributed by atoms with Gasteiger partial charge in [-0.15, -0.1) is 0 Å². The molecule has 1 saturated heterocycles. The molecule has 0 aliphatic carbocycles. The number of nitrogens with zero attached hydrogens (tertiary/aromatic N) is 2. The number of amides is 1. The highest BCUT2D eigenvalue weighted by atomic mass is 16.5. The van der Waals surface area contributed by atoms with Gasteiger partial charge in [0.2, 0.25) is 0 Å². The number of nitrogens with one attached hydrogen (secondary N) is 1. The van der Waals surface area contributed by atoms with E-state index in [0.717, 1.165) is 18.8 Å². The van der Waals surface area contributed by atoms with Crippen molar-refractivity contribution in [2.45, 2.75) is 13.8 Å². The highest BCUT2D eigenvalue weighted by Gasteiger charge is 2.20. The minimum absolute atomic E-state index is 0.237. The fourth-order valence-electron chi connectivity index (χ4n) is 3.26. The van der Waals surface area contributed by atoms with Crippen LogP contribution in [0.3, 0.4) is 0 Å². The highest BCUT2D eigenvalue weighted by molar-refractivity contribution is 5.94. The maximum absolute atomic E-state index is 12.6. The molecule has 0 bridgehead atoms. The quantitative estimate of drug-likeness (QED) is 0.659. The molecule has 1 heterocycles. The van der Waals surface area contributed by atoms with E-state index in [1.807, 2.05) is 26.0 Å². The van der Waals surface area contributed by atoms with Crippen molar-refractivity contribution >= 4 is 17.3 Å². The van der Waals surface area contributed by atoms with Gasteiger partial charge in [-0.2, -0.15) is 5.26 Å². The number of benzene rings is 2. The second kappa shape index (κ2) is 11.1. The first-order valence-corrected chi connectivity index (χ1v) is 10.3. The van der Waals surface area contributed by atoms with E-state index >= 15 is 0 Å². The molecule has 0 atom stereocenters. The Morgan fingerprint density at radius 1 is 1.06 bits per heavy atom. The molecule has 1 aliphatic heterocycles. The predicted octanol–water partition coefficient (Wildman–Crippen LogP) is 3.21. The summed E-state index contributed by atoms with van der Waals surface area (Å²) in [5, 5.41) is 12.0. The van der Waals surface area contributed by atoms with Crippen molar-refractivity contribution in [3.8, 4) is 23.3 Å². The van der Waals surface area contributed by atoms with Crippen LogP contribution < -0.4 is 24.4 Å². The molecule has 0 unspecified atom stereocenters. The Kier molecular flexibility index (Phi) is 7.96. The number of carbonyl (C=O) groups excluding carboxylic acids is 1. The van der Waals surface area contributed by atoms with Gasteiger partial charge >= 0.3 is 0 Å². The third-order valence-corrected chi connectivity index (χ3v) is 4.65. The van der Waals surface area contributed by atoms with Gasteiger partial charge in [0, 0.05) is 25.2 Å². The van der Waals surface area contributed by atoms with Gasteiger partial charge in [0.1, 0.15) is 23.3 Å². The number of para-hydroxylation sites is 1. The fourth-order valence-corrected chi connectivity index (χ4v) is 3.26. The number of nitriles is 1. The number of rotatable bonds is 9. The minimum atomic E-state index is -0.365. The molecule has 2 aromatic carbocycles. The van der Waals surface area contributed by atoms with Crippen LogP contribution in [0.15, 0.2) is 36.4 Å². The monoisotopic (exact) mass is 425 g/mol. The van der Waals surface area contributed by atoms with Crippen molar-refractivity contribution in [2.24, 2.45) is 0 Å². The van der Waals surface area contributed by atoms with Crippen molar-refractivity contribution in [3.05, 3.63) is 42.0 Å². The number of anilines is 2. The number of hydrogen-bond donors (Lipinski definition) is 1. The van der Waals surface area contributed by atoms with E-state index in [9.17, 15) is 4.79 Å². The molecule has 3 rings (SSSR count). The highest BCUT2D eigenvalue weighted by Crippen LogP contribution is 2.39. The van der Waals surface area contributed by atoms with Gasteiger partial charge < -0.3 is 29.2 Å². The van der Waals surface area contributed by atoms with E-state index < -0.39 is 0 Å². The lowest BCUT2D eigenvalue weighted by molar-refractivity contribution is -0.118. The van der Waals surface area contributed by atoms with Crippen LogP contribution in [-0.4, -0.2) is 52.0 Å². The second-order valence-corrected chi connectivity index (χ2v) is 6.73. The van der Waals surface area contributed by atoms with Gasteiger partial charge in [-0.3, -0.25) is 4.79 Å². The van der Waals surface area contributed by atoms with Crippen LogP contribution in [0.2, 0.25) is 0 Å². The molecule has 0 radical (unpaired) electrons. The van der Waals surface area contributed by atoms with Gasteiger partial charge in [0.15, 0.2) is 6.61 Å². The van der Waals surface area contributed by atoms with Gasteiger partial charge in [-0.1, -0.05) is 12.1 Å². The van der Waals surface area contributed by atoms with Crippen molar-refractivity contribution < 1.29 is 23.7 Å². The topological polar surface area (TPSA) is 93.1 Å². The lowest BCUT2D eigenvalue weighted by atomic mass is 10.2. The van der Waals surface area contributed by atoms with E-state index in [1.54, 1.807) is 30.3 Å². The Labute approximate surface area is 182 Å². The molecule has 1 aliphatic rings. The summed E-state index contributed by atoms with van der Waals surface area (Å²) in [4.78, 5) is 14.7. The summed E-state index contributed by atoms with van der Waals surface area (Å²) in [7, 11) is 0. The van der Waals surface area contributed by atoms with E-state index in [4.69, 9.17) is 24.2 Å². The van der Waals surface area contributed by atoms with Crippen LogP contribution >= 0.6 is 0 Å². The molecule has 0 aromatic heterocycles. The van der Waals surface area contributed by atoms with Crippen molar-refractivity contribution in [2.75, 3.05) is 56.3 Å². The normalized spacial score (nSPS) is 13.3. The van der Waals surface area contributed by atoms with Gasteiger partial charge in [-0.25, -0.2) is 0 Å². The summed E-state index contributed by atoms with van der Waals surface area (Å²) in [6.07, 6.45) is 0.